The van der Waals surface area contributed by atoms with Gasteiger partial charge in [-0.15, -0.1) is 0 Å². The van der Waals surface area contributed by atoms with Crippen LogP contribution in [0.25, 0.3) is 11.1 Å². The van der Waals surface area contributed by atoms with Gasteiger partial charge in [-0.3, -0.25) is 0 Å². The molecule has 0 aliphatic rings. The Hall–Kier alpha value is -0.763. The van der Waals surface area contributed by atoms with Gasteiger partial charge in [0.25, 0.3) is 0 Å². The normalized spacial score (nSPS) is 11.5. The molecule has 2 rings (SSSR count). The monoisotopic (exact) mass is 277 g/mol. The maximum atomic E-state index is 6.16. The third-order valence-corrected chi connectivity index (χ3v) is 4.32. The van der Waals surface area contributed by atoms with E-state index in [0.29, 0.717) is 6.04 Å². The van der Waals surface area contributed by atoms with Crippen LogP contribution < -0.4 is 0 Å². The first kappa shape index (κ1) is 12.7. The van der Waals surface area contributed by atoms with E-state index in [1.165, 1.54) is 5.56 Å². The first-order chi connectivity index (χ1) is 8.13. The Balaban J connectivity index is 2.31. The summed E-state index contributed by atoms with van der Waals surface area (Å²) < 4.78 is -0.869. The maximum Gasteiger partial charge on any atom is 0.140 e. The zero-order valence-corrected chi connectivity index (χ0v) is 11.7. The molecular weight excluding hydrogens is 267 g/mol. The summed E-state index contributed by atoms with van der Waals surface area (Å²) in [5.74, 6) is 0. The number of benzene rings is 2. The van der Waals surface area contributed by atoms with Crippen LogP contribution in [0.15, 0.2) is 54.6 Å². The molecule has 0 saturated heterocycles. The molecule has 3 radical (unpaired) electrons. The zero-order chi connectivity index (χ0) is 12.3. The van der Waals surface area contributed by atoms with Gasteiger partial charge in [-0.1, -0.05) is 77.8 Å². The fourth-order valence-electron chi connectivity index (χ4n) is 1.64. The zero-order valence-electron chi connectivity index (χ0n) is 9.16. The summed E-state index contributed by atoms with van der Waals surface area (Å²) in [5.41, 5.74) is 3.25. The third-order valence-electron chi connectivity index (χ3n) is 2.64. The molecule has 0 aromatic heterocycles. The Labute approximate surface area is 115 Å². The molecule has 0 saturated carbocycles. The Bertz CT molecular complexity index is 477. The molecule has 17 heavy (non-hydrogen) atoms. The molecule has 0 aliphatic heterocycles. The molecule has 3 heteroatoms. The summed E-state index contributed by atoms with van der Waals surface area (Å²) in [6, 6.07) is 18.7. The Morgan fingerprint density at radius 1 is 0.824 bits per heavy atom. The predicted molar refractivity (Wildman–Crippen MR) is 75.8 cm³/mol. The molecule has 0 aliphatic carbocycles. The molecule has 2 aromatic carbocycles. The van der Waals surface area contributed by atoms with Crippen molar-refractivity contribution < 1.29 is 0 Å². The topological polar surface area (TPSA) is 0 Å². The average Bonchev–Trinajstić information content (AvgIpc) is 2.40. The van der Waals surface area contributed by atoms with Gasteiger partial charge in [0, 0.05) is 10.2 Å². The summed E-state index contributed by atoms with van der Waals surface area (Å²) in [4.78, 5) is 0. The average molecular weight is 278 g/mol. The van der Waals surface area contributed by atoms with Crippen LogP contribution >= 0.6 is 23.2 Å². The van der Waals surface area contributed by atoms with E-state index in [2.05, 4.69) is 22.4 Å². The molecule has 0 N–H and O–H groups in total. The van der Waals surface area contributed by atoms with Crippen LogP contribution in [-0.4, -0.2) is 10.2 Å². The minimum Gasteiger partial charge on any atom is -0.0967 e. The Morgan fingerprint density at radius 3 is 1.88 bits per heavy atom. The van der Waals surface area contributed by atoms with Gasteiger partial charge >= 0.3 is 0 Å². The largest absolute Gasteiger partial charge is 0.140 e. The first-order valence-electron chi connectivity index (χ1n) is 5.32. The summed E-state index contributed by atoms with van der Waals surface area (Å²) in [6.45, 7) is 0. The molecule has 0 heterocycles. The van der Waals surface area contributed by atoms with Crippen molar-refractivity contribution in [3.8, 4) is 11.1 Å². The van der Waals surface area contributed by atoms with Crippen molar-refractivity contribution in [1.82, 2.24) is 0 Å². The molecule has 0 unspecified atom stereocenters. The van der Waals surface area contributed by atoms with Crippen molar-refractivity contribution in [2.75, 3.05) is 0 Å². The van der Waals surface area contributed by atoms with Gasteiger partial charge in [0.2, 0.25) is 0 Å². The lowest BCUT2D eigenvalue weighted by Gasteiger charge is -2.17. The van der Waals surface area contributed by atoms with Gasteiger partial charge in [0.15, 0.2) is 0 Å². The van der Waals surface area contributed by atoms with Gasteiger partial charge in [-0.25, -0.2) is 0 Å². The number of rotatable bonds is 3. The lowest BCUT2D eigenvalue weighted by Crippen LogP contribution is -2.08. The van der Waals surface area contributed by atoms with Crippen LogP contribution in [0.3, 0.4) is 0 Å². The second-order valence-electron chi connectivity index (χ2n) is 3.82. The van der Waals surface area contributed by atoms with Crippen molar-refractivity contribution in [3.63, 3.8) is 0 Å². The second kappa shape index (κ2) is 5.26. The van der Waals surface area contributed by atoms with Crippen LogP contribution in [0.4, 0.5) is 0 Å². The van der Waals surface area contributed by atoms with Gasteiger partial charge in [0.05, 0.1) is 0 Å². The van der Waals surface area contributed by atoms with E-state index in [1.54, 1.807) is 0 Å². The Morgan fingerprint density at radius 2 is 1.35 bits per heavy atom. The van der Waals surface area contributed by atoms with E-state index < -0.39 is 4.33 Å². The molecule has 0 amide bonds. The highest BCUT2D eigenvalue weighted by molar-refractivity contribution is 6.50. The van der Waals surface area contributed by atoms with Gasteiger partial charge in [-0.2, -0.15) is 0 Å². The number of alkyl halides is 2. The fraction of sp³-hybridized carbons (Fsp3) is 0.143. The maximum absolute atomic E-state index is 6.16. The summed E-state index contributed by atoms with van der Waals surface area (Å²) in [7, 11) is 3.36. The number of hydrogen-bond acceptors (Lipinski definition) is 0. The van der Waals surface area contributed by atoms with Gasteiger partial charge in [0.1, 0.15) is 4.33 Å². The van der Waals surface area contributed by atoms with Crippen LogP contribution in [0.5, 0.6) is 0 Å². The van der Waals surface area contributed by atoms with Crippen molar-refractivity contribution in [1.29, 1.82) is 0 Å². The fourth-order valence-corrected chi connectivity index (χ4v) is 2.10. The molecular formula is C14H11Cl2Si. The molecule has 0 fully saturated rings. The minimum atomic E-state index is -0.869. The summed E-state index contributed by atoms with van der Waals surface area (Å²) >= 11 is 12.3. The number of halogens is 2. The van der Waals surface area contributed by atoms with E-state index in [9.17, 15) is 0 Å². The SMILES string of the molecule is [Si]CC(Cl)(Cl)c1ccc(-c2ccccc2)cc1. The van der Waals surface area contributed by atoms with E-state index in [1.807, 2.05) is 42.5 Å². The van der Waals surface area contributed by atoms with Crippen LogP contribution in [0, 0.1) is 0 Å². The van der Waals surface area contributed by atoms with Crippen LogP contribution in [-0.2, 0) is 4.33 Å². The van der Waals surface area contributed by atoms with E-state index >= 15 is 0 Å². The standard InChI is InChI=1S/C14H11Cl2Si/c15-14(16,10-17)13-8-6-12(7-9-13)11-4-2-1-3-5-11/h1-9H,10H2. The van der Waals surface area contributed by atoms with Crippen LogP contribution in [0.1, 0.15) is 5.56 Å². The van der Waals surface area contributed by atoms with E-state index in [-0.39, 0.29) is 0 Å². The molecule has 85 valence electrons. The van der Waals surface area contributed by atoms with Crippen molar-refractivity contribution >= 4 is 33.4 Å². The highest BCUT2D eigenvalue weighted by Crippen LogP contribution is 2.37. The smallest absolute Gasteiger partial charge is 0.0967 e. The highest BCUT2D eigenvalue weighted by Gasteiger charge is 2.23. The summed E-state index contributed by atoms with van der Waals surface area (Å²) in [6.07, 6.45) is 0. The Kier molecular flexibility index (Phi) is 3.92. The van der Waals surface area contributed by atoms with Crippen molar-refractivity contribution in [2.45, 2.75) is 10.4 Å². The van der Waals surface area contributed by atoms with E-state index in [4.69, 9.17) is 23.2 Å². The third kappa shape index (κ3) is 2.92. The predicted octanol–water partition coefficient (Wildman–Crippen LogP) is 4.57. The molecule has 0 spiro atoms. The quantitative estimate of drug-likeness (QED) is 0.570. The molecule has 0 atom stereocenters. The lowest BCUT2D eigenvalue weighted by molar-refractivity contribution is 0.973. The van der Waals surface area contributed by atoms with Crippen LogP contribution in [0.2, 0.25) is 6.04 Å². The lowest BCUT2D eigenvalue weighted by atomic mass is 10.0. The van der Waals surface area contributed by atoms with E-state index in [0.717, 1.165) is 11.1 Å². The molecule has 0 nitrogen and oxygen atoms in total. The molecule has 2 aromatic rings. The van der Waals surface area contributed by atoms with Crippen molar-refractivity contribution in [3.05, 3.63) is 60.2 Å². The summed E-state index contributed by atoms with van der Waals surface area (Å²) in [5, 5.41) is 0. The van der Waals surface area contributed by atoms with Gasteiger partial charge < -0.3 is 0 Å². The second-order valence-corrected chi connectivity index (χ2v) is 5.66. The molecule has 0 bridgehead atoms. The first-order valence-corrected chi connectivity index (χ1v) is 6.78. The minimum absolute atomic E-state index is 0.501. The van der Waals surface area contributed by atoms with Gasteiger partial charge in [-0.05, 0) is 22.7 Å². The van der Waals surface area contributed by atoms with Crippen molar-refractivity contribution in [2.24, 2.45) is 0 Å². The number of hydrogen-bond donors (Lipinski definition) is 0. The highest BCUT2D eigenvalue weighted by atomic mass is 35.5.